The Morgan fingerprint density at radius 3 is 2.53 bits per heavy atom. The molecule has 15 heavy (non-hydrogen) atoms. The molecule has 1 amide bonds. The number of nitrogens with one attached hydrogen (secondary N) is 2. The molecule has 0 aromatic rings. The molecule has 0 aliphatic carbocycles. The van der Waals surface area contributed by atoms with Gasteiger partial charge in [-0.2, -0.15) is 13.1 Å². The van der Waals surface area contributed by atoms with Crippen molar-refractivity contribution in [3.63, 3.8) is 0 Å². The summed E-state index contributed by atoms with van der Waals surface area (Å²) in [6, 6.07) is 0. The lowest BCUT2D eigenvalue weighted by atomic mass is 10.5. The summed E-state index contributed by atoms with van der Waals surface area (Å²) in [7, 11) is -3.78. The molecular formula is C7H15IN2O4S. The van der Waals surface area contributed by atoms with Crippen molar-refractivity contribution in [2.45, 2.75) is 26.4 Å². The van der Waals surface area contributed by atoms with Crippen LogP contribution >= 0.6 is 22.6 Å². The summed E-state index contributed by atoms with van der Waals surface area (Å²) in [6.45, 7) is 3.57. The Morgan fingerprint density at radius 1 is 1.47 bits per heavy atom. The molecule has 0 unspecified atom stereocenters. The molecule has 0 spiro atoms. The first-order valence-electron chi connectivity index (χ1n) is 4.41. The summed E-state index contributed by atoms with van der Waals surface area (Å²) in [5, 5.41) is 0. The van der Waals surface area contributed by atoms with Crippen LogP contribution in [0, 0.1) is 0 Å². The first-order valence-corrected chi connectivity index (χ1v) is 7.42. The number of alkyl halides is 1. The van der Waals surface area contributed by atoms with Crippen molar-refractivity contribution in [1.82, 2.24) is 9.44 Å². The Hall–Kier alpha value is -0.0900. The van der Waals surface area contributed by atoms with Crippen molar-refractivity contribution in [2.24, 2.45) is 0 Å². The third kappa shape index (κ3) is 8.88. The van der Waals surface area contributed by atoms with E-state index in [4.69, 9.17) is 0 Å². The fraction of sp³-hybridized carbons (Fsp3) is 0.857. The number of carbonyl (C=O) groups is 1. The molecule has 0 aromatic heterocycles. The molecule has 0 aromatic carbocycles. The second kappa shape index (κ2) is 7.23. The molecular weight excluding hydrogens is 335 g/mol. The molecule has 0 saturated heterocycles. The van der Waals surface area contributed by atoms with E-state index in [1.165, 1.54) is 0 Å². The minimum absolute atomic E-state index is 0.299. The Morgan fingerprint density at radius 2 is 2.07 bits per heavy atom. The zero-order valence-electron chi connectivity index (χ0n) is 8.62. The minimum Gasteiger partial charge on any atom is -0.446 e. The average molecular weight is 350 g/mol. The van der Waals surface area contributed by atoms with Gasteiger partial charge in [0, 0.05) is 11.0 Å². The van der Waals surface area contributed by atoms with Crippen LogP contribution in [0.5, 0.6) is 0 Å². The van der Waals surface area contributed by atoms with Gasteiger partial charge >= 0.3 is 16.3 Å². The van der Waals surface area contributed by atoms with Gasteiger partial charge < -0.3 is 4.74 Å². The lowest BCUT2D eigenvalue weighted by molar-refractivity contribution is 0.121. The van der Waals surface area contributed by atoms with Gasteiger partial charge in [0.25, 0.3) is 0 Å². The van der Waals surface area contributed by atoms with Gasteiger partial charge in [-0.1, -0.05) is 22.6 Å². The third-order valence-corrected chi connectivity index (χ3v) is 2.95. The van der Waals surface area contributed by atoms with E-state index in [0.717, 1.165) is 4.43 Å². The van der Waals surface area contributed by atoms with Gasteiger partial charge in [0.1, 0.15) is 0 Å². The van der Waals surface area contributed by atoms with Crippen LogP contribution < -0.4 is 9.44 Å². The quantitative estimate of drug-likeness (QED) is 0.421. The number of amides is 1. The third-order valence-electron chi connectivity index (χ3n) is 1.16. The minimum atomic E-state index is -3.78. The van der Waals surface area contributed by atoms with Gasteiger partial charge in [-0.05, 0) is 20.3 Å². The Labute approximate surface area is 103 Å². The molecule has 2 N–H and O–H groups in total. The van der Waals surface area contributed by atoms with Gasteiger partial charge in [0.05, 0.1) is 6.10 Å². The van der Waals surface area contributed by atoms with E-state index >= 15 is 0 Å². The van der Waals surface area contributed by atoms with E-state index in [2.05, 4.69) is 32.0 Å². The van der Waals surface area contributed by atoms with E-state index < -0.39 is 16.3 Å². The molecule has 0 atom stereocenters. The van der Waals surface area contributed by atoms with Crippen LogP contribution in [0.15, 0.2) is 0 Å². The van der Waals surface area contributed by atoms with Gasteiger partial charge in [0.15, 0.2) is 0 Å². The topological polar surface area (TPSA) is 84.5 Å². The first-order chi connectivity index (χ1) is 6.87. The molecule has 90 valence electrons. The maximum Gasteiger partial charge on any atom is 0.422 e. The molecule has 6 nitrogen and oxygen atoms in total. The maximum atomic E-state index is 11.2. The predicted octanol–water partition coefficient (Wildman–Crippen LogP) is 0.780. The monoisotopic (exact) mass is 350 g/mol. The van der Waals surface area contributed by atoms with Crippen LogP contribution in [0.2, 0.25) is 0 Å². The average Bonchev–Trinajstić information content (AvgIpc) is 2.00. The van der Waals surface area contributed by atoms with Crippen molar-refractivity contribution < 1.29 is 17.9 Å². The molecule has 0 aliphatic rings. The fourth-order valence-electron chi connectivity index (χ4n) is 0.657. The van der Waals surface area contributed by atoms with E-state index in [1.807, 2.05) is 0 Å². The summed E-state index contributed by atoms with van der Waals surface area (Å²) in [5.41, 5.74) is 0. The van der Waals surface area contributed by atoms with E-state index in [9.17, 15) is 13.2 Å². The highest BCUT2D eigenvalue weighted by atomic mass is 127. The number of hydrogen-bond donors (Lipinski definition) is 2. The number of ether oxygens (including phenoxy) is 1. The van der Waals surface area contributed by atoms with Gasteiger partial charge in [-0.25, -0.2) is 9.52 Å². The highest BCUT2D eigenvalue weighted by Crippen LogP contribution is 1.91. The second-order valence-electron chi connectivity index (χ2n) is 3.00. The highest BCUT2D eigenvalue weighted by Gasteiger charge is 2.15. The van der Waals surface area contributed by atoms with Crippen LogP contribution in [0.1, 0.15) is 20.3 Å². The number of carbonyl (C=O) groups excluding carboxylic acids is 1. The molecule has 0 aliphatic heterocycles. The van der Waals surface area contributed by atoms with Gasteiger partial charge in [0.2, 0.25) is 0 Å². The Kier molecular flexibility index (Phi) is 7.18. The smallest absolute Gasteiger partial charge is 0.422 e. The van der Waals surface area contributed by atoms with Crippen molar-refractivity contribution in [2.75, 3.05) is 11.0 Å². The van der Waals surface area contributed by atoms with E-state index in [1.54, 1.807) is 18.6 Å². The lowest BCUT2D eigenvalue weighted by Gasteiger charge is -2.10. The van der Waals surface area contributed by atoms with Crippen molar-refractivity contribution in [1.29, 1.82) is 0 Å². The van der Waals surface area contributed by atoms with Crippen LogP contribution in [0.3, 0.4) is 0 Å². The molecule has 0 radical (unpaired) electrons. The summed E-state index contributed by atoms with van der Waals surface area (Å²) in [5.74, 6) is 0. The van der Waals surface area contributed by atoms with Crippen LogP contribution in [-0.4, -0.2) is 31.6 Å². The van der Waals surface area contributed by atoms with E-state index in [-0.39, 0.29) is 6.10 Å². The van der Waals surface area contributed by atoms with E-state index in [0.29, 0.717) is 13.0 Å². The lowest BCUT2D eigenvalue weighted by Crippen LogP contribution is -2.41. The van der Waals surface area contributed by atoms with Crippen molar-refractivity contribution in [3.05, 3.63) is 0 Å². The van der Waals surface area contributed by atoms with Crippen LogP contribution in [-0.2, 0) is 14.9 Å². The summed E-state index contributed by atoms with van der Waals surface area (Å²) >= 11 is 2.13. The van der Waals surface area contributed by atoms with Gasteiger partial charge in [-0.3, -0.25) is 0 Å². The highest BCUT2D eigenvalue weighted by molar-refractivity contribution is 14.1. The number of rotatable bonds is 6. The van der Waals surface area contributed by atoms with Crippen LogP contribution in [0.4, 0.5) is 4.79 Å². The standard InChI is InChI=1S/C7H15IN2O4S/c1-6(2)14-7(11)10-15(12,13)9-5-3-4-8/h6,9H,3-5H2,1-2H3,(H,10,11). The molecule has 0 bridgehead atoms. The second-order valence-corrected chi connectivity index (χ2v) is 5.57. The Bertz CT molecular complexity index is 291. The summed E-state index contributed by atoms with van der Waals surface area (Å²) < 4.78 is 31.8. The van der Waals surface area contributed by atoms with Crippen molar-refractivity contribution in [3.8, 4) is 0 Å². The molecule has 0 heterocycles. The van der Waals surface area contributed by atoms with Crippen molar-refractivity contribution >= 4 is 38.9 Å². The largest absolute Gasteiger partial charge is 0.446 e. The first kappa shape index (κ1) is 14.9. The zero-order valence-corrected chi connectivity index (χ0v) is 11.6. The SMILES string of the molecule is CC(C)OC(=O)NS(=O)(=O)NCCCI. The molecule has 0 saturated carbocycles. The summed E-state index contributed by atoms with van der Waals surface area (Å²) in [6.07, 6.45) is -0.609. The summed E-state index contributed by atoms with van der Waals surface area (Å²) in [4.78, 5) is 10.9. The predicted molar refractivity (Wildman–Crippen MR) is 65.2 cm³/mol. The number of hydrogen-bond acceptors (Lipinski definition) is 4. The Balaban J connectivity index is 3.97. The normalized spacial score (nSPS) is 11.5. The maximum absolute atomic E-state index is 11.2. The molecule has 0 fully saturated rings. The molecule has 0 rings (SSSR count). The zero-order chi connectivity index (χ0) is 11.9. The van der Waals surface area contributed by atoms with Crippen LogP contribution in [0.25, 0.3) is 0 Å². The fourth-order valence-corrected chi connectivity index (χ4v) is 1.79. The molecule has 8 heteroatoms. The number of halogens is 1. The van der Waals surface area contributed by atoms with Gasteiger partial charge in [-0.15, -0.1) is 0 Å².